The molecule has 0 aliphatic carbocycles. The molecule has 1 aromatic carbocycles. The number of halogens is 3. The number of benzene rings is 1. The molecular formula is C37H58F3N5O9S. The first-order valence-corrected chi connectivity index (χ1v) is 19.4. The van der Waals surface area contributed by atoms with Gasteiger partial charge in [-0.05, 0) is 69.7 Å². The summed E-state index contributed by atoms with van der Waals surface area (Å²) in [5.74, 6) is -4.72. The van der Waals surface area contributed by atoms with Crippen LogP contribution in [0.5, 0.6) is 0 Å². The number of nitrogens with one attached hydrogen (secondary N) is 3. The average molecular weight is 806 g/mol. The molecule has 0 aromatic heterocycles. The average Bonchev–Trinajstić information content (AvgIpc) is 3.58. The highest BCUT2D eigenvalue weighted by atomic mass is 32.2. The molecule has 5 amide bonds. The number of methoxy groups -OCH3 is 2. The van der Waals surface area contributed by atoms with Gasteiger partial charge in [0.05, 0.1) is 41.5 Å². The van der Waals surface area contributed by atoms with Gasteiger partial charge < -0.3 is 34.6 Å². The van der Waals surface area contributed by atoms with Crippen molar-refractivity contribution in [1.29, 1.82) is 0 Å². The first kappa shape index (κ1) is 47.4. The fraction of sp³-hybridized carbons (Fsp3) is 0.703. The zero-order chi connectivity index (χ0) is 42.0. The topological polar surface area (TPSA) is 173 Å². The van der Waals surface area contributed by atoms with Gasteiger partial charge >= 0.3 is 18.2 Å². The Labute approximate surface area is 324 Å². The van der Waals surface area contributed by atoms with Gasteiger partial charge in [0.25, 0.3) is 0 Å². The molecule has 0 saturated carbocycles. The molecule has 2 rings (SSSR count). The van der Waals surface area contributed by atoms with E-state index in [0.717, 1.165) is 12.1 Å². The van der Waals surface area contributed by atoms with Crippen LogP contribution in [0.3, 0.4) is 0 Å². The number of anilines is 1. The van der Waals surface area contributed by atoms with E-state index < -0.39 is 76.9 Å². The molecule has 0 spiro atoms. The van der Waals surface area contributed by atoms with Crippen LogP contribution in [0.15, 0.2) is 29.2 Å². The predicted octanol–water partition coefficient (Wildman–Crippen LogP) is 4.80. The van der Waals surface area contributed by atoms with Gasteiger partial charge in [0.1, 0.15) is 11.6 Å². The third kappa shape index (κ3) is 13.4. The third-order valence-corrected chi connectivity index (χ3v) is 10.7. The maximum absolute atomic E-state index is 14.1. The fourth-order valence-electron chi connectivity index (χ4n) is 6.58. The molecular weight excluding hydrogens is 747 g/mol. The molecule has 312 valence electrons. The van der Waals surface area contributed by atoms with Crippen LogP contribution in [0.4, 0.5) is 23.7 Å². The predicted molar refractivity (Wildman–Crippen MR) is 200 cm³/mol. The Kier molecular flexibility index (Phi) is 17.6. The molecule has 1 heterocycles. The molecule has 1 aromatic rings. The minimum absolute atomic E-state index is 0.0717. The monoisotopic (exact) mass is 805 g/mol. The van der Waals surface area contributed by atoms with E-state index in [2.05, 4.69) is 10.0 Å². The Bertz CT molecular complexity index is 1510. The lowest BCUT2D eigenvalue weighted by Gasteiger charge is -2.40. The Morgan fingerprint density at radius 1 is 1.00 bits per heavy atom. The van der Waals surface area contributed by atoms with Crippen LogP contribution < -0.4 is 15.4 Å². The van der Waals surface area contributed by atoms with Gasteiger partial charge in [0.15, 0.2) is 11.0 Å². The van der Waals surface area contributed by atoms with E-state index in [-0.39, 0.29) is 40.7 Å². The second-order valence-corrected chi connectivity index (χ2v) is 16.4. The molecule has 0 bridgehead atoms. The normalized spacial score (nSPS) is 18.7. The van der Waals surface area contributed by atoms with Crippen molar-refractivity contribution in [2.75, 3.05) is 33.1 Å². The second kappa shape index (κ2) is 20.4. The number of hydrogen-bond acceptors (Lipinski definition) is 9. The van der Waals surface area contributed by atoms with Gasteiger partial charge in [-0.2, -0.15) is 13.2 Å². The SMILES string of the molecule is CCC(C)[C@@H]([C@@H](CC(=O)N1CCC[C@H]1[C@H](OC)[C@@H](C)C(=O)NS(=O)c1ccc(NC(=O)C(F)(F)F)cc1)OC)N(C)C(=O)[C@@H](NC(=O)OC(C)(C)C)C(C)C. The van der Waals surface area contributed by atoms with E-state index in [1.54, 1.807) is 45.0 Å². The van der Waals surface area contributed by atoms with Gasteiger partial charge in [0, 0.05) is 33.5 Å². The number of rotatable bonds is 17. The van der Waals surface area contributed by atoms with Crippen molar-refractivity contribution in [2.45, 2.75) is 128 Å². The molecule has 1 aliphatic rings. The Morgan fingerprint density at radius 2 is 1.60 bits per heavy atom. The number of carbonyl (C=O) groups is 5. The number of ether oxygens (including phenoxy) is 3. The first-order chi connectivity index (χ1) is 25.5. The van der Waals surface area contributed by atoms with Crippen molar-refractivity contribution >= 4 is 46.4 Å². The number of nitrogens with zero attached hydrogens (tertiary/aromatic N) is 2. The van der Waals surface area contributed by atoms with Crippen molar-refractivity contribution in [2.24, 2.45) is 17.8 Å². The standard InChI is InChI=1S/C37H58F3N5O9S/c1-12-22(4)30(44(9)33(48)29(21(2)3)42-35(50)54-36(6,7)8)27(52-10)20-28(46)45-19-13-14-26(45)31(53-11)23(5)32(47)43-55(51)25-17-15-24(16-18-25)41-34(49)37(38,39)40/h15-18,21-23,26-27,29-31H,12-14,19-20H2,1-11H3,(H,41,49)(H,42,50)(H,43,47)/t22?,23-,26+,27-,29+,30+,31-,55?/m1/s1. The zero-order valence-electron chi connectivity index (χ0n) is 33.6. The van der Waals surface area contributed by atoms with Crippen molar-refractivity contribution in [3.8, 4) is 0 Å². The molecule has 1 fully saturated rings. The van der Waals surface area contributed by atoms with E-state index in [4.69, 9.17) is 14.2 Å². The number of alkyl carbamates (subject to hydrolysis) is 1. The fourth-order valence-corrected chi connectivity index (χ4v) is 7.45. The molecule has 0 radical (unpaired) electrons. The maximum Gasteiger partial charge on any atom is 0.471 e. The van der Waals surface area contributed by atoms with Gasteiger partial charge in [-0.25, -0.2) is 9.00 Å². The highest BCUT2D eigenvalue weighted by Gasteiger charge is 2.43. The van der Waals surface area contributed by atoms with Crippen molar-refractivity contribution in [1.82, 2.24) is 19.8 Å². The number of likely N-dealkylation sites (tertiary alicyclic amines) is 1. The lowest BCUT2D eigenvalue weighted by atomic mass is 9.89. The first-order valence-electron chi connectivity index (χ1n) is 18.3. The summed E-state index contributed by atoms with van der Waals surface area (Å²) in [4.78, 5) is 68.4. The van der Waals surface area contributed by atoms with Gasteiger partial charge in [-0.1, -0.05) is 41.0 Å². The molecule has 1 saturated heterocycles. The largest absolute Gasteiger partial charge is 0.471 e. The summed E-state index contributed by atoms with van der Waals surface area (Å²) in [5, 5.41) is 4.40. The van der Waals surface area contributed by atoms with Crippen LogP contribution in [0, 0.1) is 17.8 Å². The van der Waals surface area contributed by atoms with Crippen LogP contribution in [0.25, 0.3) is 0 Å². The van der Waals surface area contributed by atoms with Crippen molar-refractivity contribution in [3.63, 3.8) is 0 Å². The molecule has 55 heavy (non-hydrogen) atoms. The lowest BCUT2D eigenvalue weighted by Crippen LogP contribution is -2.58. The van der Waals surface area contributed by atoms with Crippen LogP contribution in [-0.4, -0.2) is 114 Å². The van der Waals surface area contributed by atoms with Gasteiger partial charge in [-0.3, -0.25) is 23.9 Å². The number of likely N-dealkylation sites (N-methyl/N-ethyl adjacent to an activating group) is 1. The minimum atomic E-state index is -5.08. The molecule has 2 unspecified atom stereocenters. The van der Waals surface area contributed by atoms with Crippen LogP contribution >= 0.6 is 0 Å². The van der Waals surface area contributed by atoms with Crippen molar-refractivity contribution in [3.05, 3.63) is 24.3 Å². The molecule has 8 atom stereocenters. The van der Waals surface area contributed by atoms with Gasteiger partial charge in [0.2, 0.25) is 17.7 Å². The maximum atomic E-state index is 14.1. The summed E-state index contributed by atoms with van der Waals surface area (Å²) < 4.78 is 70.2. The van der Waals surface area contributed by atoms with E-state index in [9.17, 15) is 41.4 Å². The summed E-state index contributed by atoms with van der Waals surface area (Å²) in [6.45, 7) is 14.7. The molecule has 18 heteroatoms. The lowest BCUT2D eigenvalue weighted by molar-refractivity contribution is -0.167. The zero-order valence-corrected chi connectivity index (χ0v) is 34.4. The summed E-state index contributed by atoms with van der Waals surface area (Å²) in [5.41, 5.74) is -0.938. The highest BCUT2D eigenvalue weighted by Crippen LogP contribution is 2.30. The highest BCUT2D eigenvalue weighted by molar-refractivity contribution is 7.83. The molecule has 14 nitrogen and oxygen atoms in total. The minimum Gasteiger partial charge on any atom is -0.444 e. The van der Waals surface area contributed by atoms with Crippen LogP contribution in [0.1, 0.15) is 81.1 Å². The van der Waals surface area contributed by atoms with Crippen LogP contribution in [0.2, 0.25) is 0 Å². The van der Waals surface area contributed by atoms with Crippen molar-refractivity contribution < 1.29 is 55.6 Å². The quantitative estimate of drug-likeness (QED) is 0.200. The van der Waals surface area contributed by atoms with E-state index in [1.807, 2.05) is 27.7 Å². The number of carbonyl (C=O) groups excluding carboxylic acids is 5. The van der Waals surface area contributed by atoms with Gasteiger partial charge in [-0.15, -0.1) is 0 Å². The van der Waals surface area contributed by atoms with E-state index in [1.165, 1.54) is 31.3 Å². The number of hydrogen-bond donors (Lipinski definition) is 3. The Morgan fingerprint density at radius 3 is 2.09 bits per heavy atom. The smallest absolute Gasteiger partial charge is 0.444 e. The third-order valence-electron chi connectivity index (χ3n) is 9.64. The summed E-state index contributed by atoms with van der Waals surface area (Å²) >= 11 is 0. The summed E-state index contributed by atoms with van der Waals surface area (Å²) in [6, 6.07) is 2.70. The van der Waals surface area contributed by atoms with E-state index >= 15 is 0 Å². The Balaban J connectivity index is 2.21. The molecule has 1 aliphatic heterocycles. The van der Waals surface area contributed by atoms with Crippen LogP contribution in [-0.2, 0) is 44.4 Å². The van der Waals surface area contributed by atoms with E-state index in [0.29, 0.717) is 25.8 Å². The second-order valence-electron chi connectivity index (χ2n) is 15.2. The number of alkyl halides is 3. The molecule has 3 N–H and O–H groups in total. The number of amides is 5. The Hall–Kier alpha value is -3.77. The summed E-state index contributed by atoms with van der Waals surface area (Å²) in [6.07, 6.45) is -5.62. The summed E-state index contributed by atoms with van der Waals surface area (Å²) in [7, 11) is 2.41.